The molecule has 1 aromatic carbocycles. The Kier molecular flexibility index (Phi) is 4.02. The number of nitrogens with two attached hydrogens (primary N) is 1. The summed E-state index contributed by atoms with van der Waals surface area (Å²) in [7, 11) is 0. The Balaban J connectivity index is 3.19. The van der Waals surface area contributed by atoms with Gasteiger partial charge in [-0.1, -0.05) is 12.1 Å². The highest BCUT2D eigenvalue weighted by Gasteiger charge is 2.64. The Bertz CT molecular complexity index is 472. The van der Waals surface area contributed by atoms with Crippen LogP contribution in [0.25, 0.3) is 0 Å². The summed E-state index contributed by atoms with van der Waals surface area (Å²) in [6, 6.07) is 5.35. The molecule has 0 heterocycles. The molecule has 0 saturated heterocycles. The van der Waals surface area contributed by atoms with Gasteiger partial charge in [-0.05, 0) is 19.1 Å². The van der Waals surface area contributed by atoms with Crippen molar-refractivity contribution in [3.63, 3.8) is 0 Å². The van der Waals surface area contributed by atoms with Crippen molar-refractivity contribution in [2.24, 2.45) is 0 Å². The molecular weight excluding hydrogens is 271 g/mol. The molecule has 2 N–H and O–H groups in total. The summed E-state index contributed by atoms with van der Waals surface area (Å²) >= 11 is 0. The van der Waals surface area contributed by atoms with E-state index in [1.807, 2.05) is 0 Å². The topological polar surface area (TPSA) is 46.3 Å². The summed E-state index contributed by atoms with van der Waals surface area (Å²) in [5.74, 6) is -7.80. The molecule has 0 spiro atoms. The van der Waals surface area contributed by atoms with E-state index in [1.54, 1.807) is 0 Å². The van der Waals surface area contributed by atoms with Crippen LogP contribution in [0.1, 0.15) is 6.92 Å². The van der Waals surface area contributed by atoms with Crippen molar-refractivity contribution in [1.82, 2.24) is 0 Å². The number of nitrogens with zero attached hydrogens (tertiary/aromatic N) is 1. The van der Waals surface area contributed by atoms with E-state index in [1.165, 1.54) is 31.2 Å². The lowest BCUT2D eigenvalue weighted by Gasteiger charge is -2.27. The van der Waals surface area contributed by atoms with Crippen molar-refractivity contribution in [3.8, 4) is 0 Å². The number of anilines is 2. The third kappa shape index (κ3) is 2.77. The smallest absolute Gasteiger partial charge is 0.397 e. The molecule has 0 bridgehead atoms. The van der Waals surface area contributed by atoms with E-state index in [2.05, 4.69) is 0 Å². The second kappa shape index (κ2) is 5.02. The van der Waals surface area contributed by atoms with Gasteiger partial charge in [-0.3, -0.25) is 4.79 Å². The monoisotopic (exact) mass is 282 g/mol. The summed E-state index contributed by atoms with van der Waals surface area (Å²) in [5.41, 5.74) is 5.23. The van der Waals surface area contributed by atoms with Crippen molar-refractivity contribution in [2.45, 2.75) is 19.0 Å². The molecule has 0 aliphatic heterocycles. The maximum absolute atomic E-state index is 13.0. The molecule has 0 saturated carbocycles. The van der Waals surface area contributed by atoms with Crippen molar-refractivity contribution >= 4 is 17.3 Å². The van der Waals surface area contributed by atoms with Gasteiger partial charge >= 0.3 is 18.0 Å². The average Bonchev–Trinajstić information content (AvgIpc) is 2.30. The van der Waals surface area contributed by atoms with Crippen LogP contribution >= 0.6 is 0 Å². The molecule has 0 unspecified atom stereocenters. The van der Waals surface area contributed by atoms with E-state index in [-0.39, 0.29) is 17.9 Å². The molecule has 0 aromatic heterocycles. The molecule has 0 aliphatic carbocycles. The second-order valence-electron chi connectivity index (χ2n) is 3.68. The van der Waals surface area contributed by atoms with Crippen LogP contribution in [0.3, 0.4) is 0 Å². The van der Waals surface area contributed by atoms with Crippen LogP contribution < -0.4 is 10.6 Å². The SMILES string of the molecule is CCN(C(=O)C(F)(F)C(F)(F)F)c1ccccc1N. The number of hydrogen-bond acceptors (Lipinski definition) is 2. The summed E-state index contributed by atoms with van der Waals surface area (Å²) in [5, 5.41) is 0. The predicted octanol–water partition coefficient (Wildman–Crippen LogP) is 2.82. The average molecular weight is 282 g/mol. The highest BCUT2D eigenvalue weighted by molar-refractivity contribution is 6.01. The van der Waals surface area contributed by atoms with Gasteiger partial charge < -0.3 is 10.6 Å². The number of hydrogen-bond donors (Lipinski definition) is 1. The zero-order chi connectivity index (χ0) is 14.8. The first-order valence-electron chi connectivity index (χ1n) is 5.24. The van der Waals surface area contributed by atoms with Crippen molar-refractivity contribution < 1.29 is 26.7 Å². The van der Waals surface area contributed by atoms with E-state index in [4.69, 9.17) is 5.73 Å². The Morgan fingerprint density at radius 3 is 2.16 bits per heavy atom. The maximum atomic E-state index is 13.0. The number of para-hydroxylation sites is 2. The summed E-state index contributed by atoms with van der Waals surface area (Å²) in [6.07, 6.45) is -5.94. The first kappa shape index (κ1) is 15.2. The van der Waals surface area contributed by atoms with Crippen molar-refractivity contribution in [1.29, 1.82) is 0 Å². The molecule has 0 fully saturated rings. The zero-order valence-corrected chi connectivity index (χ0v) is 9.84. The van der Waals surface area contributed by atoms with Gasteiger partial charge in [0.05, 0.1) is 11.4 Å². The number of carbonyl (C=O) groups is 1. The minimum atomic E-state index is -5.94. The Hall–Kier alpha value is -1.86. The van der Waals surface area contributed by atoms with E-state index in [0.29, 0.717) is 4.90 Å². The van der Waals surface area contributed by atoms with Crippen molar-refractivity contribution in [3.05, 3.63) is 24.3 Å². The van der Waals surface area contributed by atoms with Gasteiger partial charge in [-0.15, -0.1) is 0 Å². The van der Waals surface area contributed by atoms with Crippen LogP contribution in [-0.2, 0) is 4.79 Å². The number of amides is 1. The number of carbonyl (C=O) groups excluding carboxylic acids is 1. The highest BCUT2D eigenvalue weighted by Crippen LogP contribution is 2.38. The molecule has 19 heavy (non-hydrogen) atoms. The summed E-state index contributed by atoms with van der Waals surface area (Å²) in [6.45, 7) is 0.912. The third-order valence-electron chi connectivity index (χ3n) is 2.41. The lowest BCUT2D eigenvalue weighted by atomic mass is 10.2. The predicted molar refractivity (Wildman–Crippen MR) is 59.9 cm³/mol. The minimum absolute atomic E-state index is 0.0596. The van der Waals surface area contributed by atoms with Crippen LogP contribution in [0.2, 0.25) is 0 Å². The number of alkyl halides is 5. The molecule has 3 nitrogen and oxygen atoms in total. The number of halogens is 5. The molecule has 0 atom stereocenters. The van der Waals surface area contributed by atoms with Gasteiger partial charge in [0.1, 0.15) is 0 Å². The molecule has 1 aromatic rings. The second-order valence-corrected chi connectivity index (χ2v) is 3.68. The van der Waals surface area contributed by atoms with Gasteiger partial charge in [-0.2, -0.15) is 22.0 Å². The molecule has 1 amide bonds. The fourth-order valence-electron chi connectivity index (χ4n) is 1.45. The van der Waals surface area contributed by atoms with Crippen molar-refractivity contribution in [2.75, 3.05) is 17.2 Å². The standard InChI is InChI=1S/C11H11F5N2O/c1-2-18(8-6-4-3-5-7(8)17)9(19)10(12,13)11(14,15)16/h3-6H,2,17H2,1H3. The van der Waals surface area contributed by atoms with E-state index in [0.717, 1.165) is 0 Å². The quantitative estimate of drug-likeness (QED) is 0.684. The number of rotatable bonds is 3. The van der Waals surface area contributed by atoms with E-state index >= 15 is 0 Å². The molecule has 8 heteroatoms. The van der Waals surface area contributed by atoms with Gasteiger partial charge in [0.15, 0.2) is 0 Å². The number of benzene rings is 1. The van der Waals surface area contributed by atoms with Crippen LogP contribution in [0.4, 0.5) is 33.3 Å². The Morgan fingerprint density at radius 2 is 1.74 bits per heavy atom. The largest absolute Gasteiger partial charge is 0.463 e. The molecular formula is C11H11F5N2O. The van der Waals surface area contributed by atoms with Crippen LogP contribution in [0.5, 0.6) is 0 Å². The minimum Gasteiger partial charge on any atom is -0.397 e. The molecule has 1 rings (SSSR count). The van der Waals surface area contributed by atoms with Gasteiger partial charge in [-0.25, -0.2) is 0 Å². The van der Waals surface area contributed by atoms with Crippen LogP contribution in [0, 0.1) is 0 Å². The van der Waals surface area contributed by atoms with Crippen LogP contribution in [0.15, 0.2) is 24.3 Å². The van der Waals surface area contributed by atoms with Gasteiger partial charge in [0.2, 0.25) is 0 Å². The molecule has 0 radical (unpaired) electrons. The van der Waals surface area contributed by atoms with E-state index < -0.39 is 18.0 Å². The highest BCUT2D eigenvalue weighted by atomic mass is 19.4. The fraction of sp³-hybridized carbons (Fsp3) is 0.364. The fourth-order valence-corrected chi connectivity index (χ4v) is 1.45. The van der Waals surface area contributed by atoms with Gasteiger partial charge in [0.25, 0.3) is 0 Å². The Morgan fingerprint density at radius 1 is 1.21 bits per heavy atom. The zero-order valence-electron chi connectivity index (χ0n) is 9.84. The summed E-state index contributed by atoms with van der Waals surface area (Å²) < 4.78 is 62.5. The lowest BCUT2D eigenvalue weighted by Crippen LogP contribution is -2.52. The molecule has 0 aliphatic rings. The lowest BCUT2D eigenvalue weighted by molar-refractivity contribution is -0.268. The van der Waals surface area contributed by atoms with E-state index in [9.17, 15) is 26.7 Å². The Labute approximate surface area is 105 Å². The third-order valence-corrected chi connectivity index (χ3v) is 2.41. The van der Waals surface area contributed by atoms with Crippen LogP contribution in [-0.4, -0.2) is 24.6 Å². The first-order chi connectivity index (χ1) is 8.63. The number of nitrogen functional groups attached to an aromatic ring is 1. The maximum Gasteiger partial charge on any atom is 0.463 e. The normalized spacial score (nSPS) is 12.3. The molecule has 106 valence electrons. The first-order valence-corrected chi connectivity index (χ1v) is 5.24. The summed E-state index contributed by atoms with van der Waals surface area (Å²) in [4.78, 5) is 11.7. The van der Waals surface area contributed by atoms with Gasteiger partial charge in [0, 0.05) is 6.54 Å².